The summed E-state index contributed by atoms with van der Waals surface area (Å²) in [5.41, 5.74) is 0. The Bertz CT molecular complexity index is 513. The van der Waals surface area contributed by atoms with Crippen LogP contribution in [0.1, 0.15) is 55.4 Å². The summed E-state index contributed by atoms with van der Waals surface area (Å²) in [6.07, 6.45) is 4.67. The van der Waals surface area contributed by atoms with Crippen molar-refractivity contribution in [3.05, 3.63) is 47.3 Å². The molecule has 164 valence electrons. The average Bonchev–Trinajstić information content (AvgIpc) is 2.32. The van der Waals surface area contributed by atoms with Gasteiger partial charge in [-0.1, -0.05) is 0 Å². The number of aliphatic hydroxyl groups excluding tert-OH is 4. The van der Waals surface area contributed by atoms with Crippen molar-refractivity contribution in [3.8, 4) is 0 Å². The fourth-order valence-electron chi connectivity index (χ4n) is 1.18. The summed E-state index contributed by atoms with van der Waals surface area (Å²) in [5, 5.41) is 33.5. The third-order valence-electron chi connectivity index (χ3n) is 1.65. The monoisotopic (exact) mass is 448 g/mol. The Balaban J connectivity index is -0.0000000873. The van der Waals surface area contributed by atoms with Crippen molar-refractivity contribution in [2.75, 3.05) is 0 Å². The number of hydrogen-bond donors (Lipinski definition) is 4. The molecule has 8 nitrogen and oxygen atoms in total. The second-order valence-electron chi connectivity index (χ2n) is 5.59. The number of aliphatic hydroxyl groups is 4. The van der Waals surface area contributed by atoms with Gasteiger partial charge in [-0.15, -0.1) is 0 Å². The van der Waals surface area contributed by atoms with Crippen LogP contribution in [0.3, 0.4) is 0 Å². The van der Waals surface area contributed by atoms with E-state index in [0.717, 1.165) is 0 Å². The van der Waals surface area contributed by atoms with Gasteiger partial charge in [-0.2, -0.15) is 0 Å². The first-order valence-electron chi connectivity index (χ1n) is 8.02. The van der Waals surface area contributed by atoms with E-state index in [-0.39, 0.29) is 67.9 Å². The summed E-state index contributed by atoms with van der Waals surface area (Å²) in [4.78, 5) is 40.1. The van der Waals surface area contributed by atoms with E-state index < -0.39 is 0 Å². The third-order valence-corrected chi connectivity index (χ3v) is 1.65. The average molecular weight is 448 g/mol. The summed E-state index contributed by atoms with van der Waals surface area (Å²) < 4.78 is 0. The number of ketones is 4. The molecule has 4 N–H and O–H groups in total. The van der Waals surface area contributed by atoms with Crippen molar-refractivity contribution >= 4 is 23.1 Å². The minimum absolute atomic E-state index is 0. The van der Waals surface area contributed by atoms with Crippen molar-refractivity contribution in [2.24, 2.45) is 0 Å². The van der Waals surface area contributed by atoms with Crippen molar-refractivity contribution < 1.29 is 61.3 Å². The van der Waals surface area contributed by atoms with Crippen molar-refractivity contribution in [1.82, 2.24) is 0 Å². The van der Waals surface area contributed by atoms with Crippen LogP contribution >= 0.6 is 0 Å². The summed E-state index contributed by atoms with van der Waals surface area (Å²) in [6, 6.07) is 0. The maximum absolute atomic E-state index is 10.0. The largest absolute Gasteiger partial charge is 0.512 e. The molecule has 0 heterocycles. The van der Waals surface area contributed by atoms with Gasteiger partial charge in [0.2, 0.25) is 0 Å². The maximum atomic E-state index is 10.0. The molecule has 0 aliphatic heterocycles. The van der Waals surface area contributed by atoms with Crippen LogP contribution in [0.15, 0.2) is 47.3 Å². The standard InChI is InChI=1S/4C5H8O2.Ti/c4*1-4(6)3-5(2)7;/h4*3,6H,1-2H3;. The molecule has 29 heavy (non-hydrogen) atoms. The quantitative estimate of drug-likeness (QED) is 0.285. The van der Waals surface area contributed by atoms with E-state index in [1.54, 1.807) is 0 Å². The van der Waals surface area contributed by atoms with Crippen LogP contribution in [0.25, 0.3) is 0 Å². The van der Waals surface area contributed by atoms with E-state index in [2.05, 4.69) is 0 Å². The number of carbonyl (C=O) groups excluding carboxylic acids is 4. The molecular formula is C20H32O8Ti. The minimum Gasteiger partial charge on any atom is -0.512 e. The second-order valence-corrected chi connectivity index (χ2v) is 5.59. The first-order valence-corrected chi connectivity index (χ1v) is 8.02. The Hall–Kier alpha value is -2.45. The van der Waals surface area contributed by atoms with Crippen LogP contribution in [0, 0.1) is 0 Å². The first-order chi connectivity index (χ1) is 12.5. The van der Waals surface area contributed by atoms with Gasteiger partial charge in [-0.05, 0) is 55.4 Å². The summed E-state index contributed by atoms with van der Waals surface area (Å²) in [7, 11) is 0. The molecular weight excluding hydrogens is 416 g/mol. The van der Waals surface area contributed by atoms with Crippen molar-refractivity contribution in [1.29, 1.82) is 0 Å². The Morgan fingerprint density at radius 2 is 0.517 bits per heavy atom. The molecule has 0 aromatic heterocycles. The van der Waals surface area contributed by atoms with Gasteiger partial charge in [0.1, 0.15) is 0 Å². The van der Waals surface area contributed by atoms with Gasteiger partial charge in [0, 0.05) is 46.0 Å². The normalized spacial score (nSPS) is 11.0. The summed E-state index contributed by atoms with van der Waals surface area (Å²) in [6.45, 7) is 11.4. The zero-order valence-corrected chi connectivity index (χ0v) is 19.8. The van der Waals surface area contributed by atoms with Crippen LogP contribution in [-0.4, -0.2) is 43.6 Å². The molecule has 0 radical (unpaired) electrons. The molecule has 0 aliphatic rings. The molecule has 9 heteroatoms. The smallest absolute Gasteiger partial charge is 0.155 e. The molecule has 0 amide bonds. The molecule has 0 aromatic carbocycles. The zero-order valence-electron chi connectivity index (χ0n) is 18.2. The zero-order chi connectivity index (χ0) is 23.4. The topological polar surface area (TPSA) is 149 Å². The molecule has 0 saturated heterocycles. The molecule has 0 aromatic rings. The number of rotatable bonds is 4. The molecule has 0 bridgehead atoms. The molecule has 0 spiro atoms. The second kappa shape index (κ2) is 23.6. The fourth-order valence-corrected chi connectivity index (χ4v) is 1.18. The van der Waals surface area contributed by atoms with Gasteiger partial charge in [0.05, 0.1) is 23.0 Å². The number of hydrogen-bond acceptors (Lipinski definition) is 8. The first kappa shape index (κ1) is 37.3. The predicted molar refractivity (Wildman–Crippen MR) is 108 cm³/mol. The van der Waals surface area contributed by atoms with Crippen LogP contribution in [-0.2, 0) is 40.9 Å². The van der Waals surface area contributed by atoms with E-state index in [9.17, 15) is 19.2 Å². The van der Waals surface area contributed by atoms with Crippen LogP contribution < -0.4 is 0 Å². The third kappa shape index (κ3) is 77.2. The minimum atomic E-state index is -0.125. The van der Waals surface area contributed by atoms with E-state index >= 15 is 0 Å². The van der Waals surface area contributed by atoms with E-state index in [4.69, 9.17) is 20.4 Å². The SMILES string of the molecule is CC(=O)C=C(C)O.CC(=O)C=C(C)O.CC(=O)C=C(C)O.CC(=O)C=C(C)O.[Ti]. The van der Waals surface area contributed by atoms with Gasteiger partial charge in [-0.3, -0.25) is 19.2 Å². The van der Waals surface area contributed by atoms with Gasteiger partial charge in [0.15, 0.2) is 23.1 Å². The van der Waals surface area contributed by atoms with E-state index in [1.165, 1.54) is 79.7 Å². The molecule has 0 fully saturated rings. The van der Waals surface area contributed by atoms with E-state index in [1.807, 2.05) is 0 Å². The Morgan fingerprint density at radius 3 is 0.517 bits per heavy atom. The summed E-state index contributed by atoms with van der Waals surface area (Å²) in [5.74, 6) is -0.250. The molecule has 0 saturated carbocycles. The number of carbonyl (C=O) groups is 4. The maximum Gasteiger partial charge on any atom is 0.155 e. The fraction of sp³-hybridized carbons (Fsp3) is 0.400. The van der Waals surface area contributed by atoms with E-state index in [0.29, 0.717) is 0 Å². The summed E-state index contributed by atoms with van der Waals surface area (Å²) >= 11 is 0. The van der Waals surface area contributed by atoms with Crippen molar-refractivity contribution in [2.45, 2.75) is 55.4 Å². The molecule has 0 rings (SSSR count). The van der Waals surface area contributed by atoms with Crippen LogP contribution in [0.4, 0.5) is 0 Å². The van der Waals surface area contributed by atoms with Crippen molar-refractivity contribution in [3.63, 3.8) is 0 Å². The Kier molecular flexibility index (Phi) is 30.4. The van der Waals surface area contributed by atoms with Gasteiger partial charge >= 0.3 is 0 Å². The molecule has 0 unspecified atom stereocenters. The predicted octanol–water partition coefficient (Wildman–Crippen LogP) is 4.15. The van der Waals surface area contributed by atoms with Gasteiger partial charge in [-0.25, -0.2) is 0 Å². The van der Waals surface area contributed by atoms with Gasteiger partial charge < -0.3 is 20.4 Å². The number of allylic oxidation sites excluding steroid dienone is 8. The Morgan fingerprint density at radius 1 is 0.414 bits per heavy atom. The molecule has 0 aliphatic carbocycles. The van der Waals surface area contributed by atoms with Crippen LogP contribution in [0.5, 0.6) is 0 Å². The van der Waals surface area contributed by atoms with Gasteiger partial charge in [0.25, 0.3) is 0 Å². The Labute approximate surface area is 187 Å². The molecule has 0 atom stereocenters. The van der Waals surface area contributed by atoms with Crippen LogP contribution in [0.2, 0.25) is 0 Å².